The van der Waals surface area contributed by atoms with Gasteiger partial charge in [0.05, 0.1) is 6.04 Å². The molecule has 1 aromatic carbocycles. The van der Waals surface area contributed by atoms with Crippen molar-refractivity contribution in [2.75, 3.05) is 18.0 Å². The van der Waals surface area contributed by atoms with E-state index in [2.05, 4.69) is 28.9 Å². The van der Waals surface area contributed by atoms with Crippen LogP contribution in [0.4, 0.5) is 6.01 Å². The average Bonchev–Trinajstić information content (AvgIpc) is 3.38. The fraction of sp³-hybridized carbons (Fsp3) is 0.565. The summed E-state index contributed by atoms with van der Waals surface area (Å²) in [6, 6.07) is 6.98. The number of hydrogen-bond acceptors (Lipinski definition) is 7. The standard InChI is InChI=1S/C23H29ClN6O2/c1-13(2)30-23(31-19-8-14(3)7-18(24)9-19)26-21(27-30)10-20-16-5-6-17(20)12-29(11-16)22-25-15(4)28-32-22/h7-9,13,16-17,20H,5-6,10-12H2,1-4H3/t16-,17+,20?. The topological polar surface area (TPSA) is 82.1 Å². The first-order valence-corrected chi connectivity index (χ1v) is 11.7. The smallest absolute Gasteiger partial charge is 0.324 e. The number of nitrogens with zero attached hydrogens (tertiary/aromatic N) is 6. The van der Waals surface area contributed by atoms with E-state index in [4.69, 9.17) is 30.9 Å². The summed E-state index contributed by atoms with van der Waals surface area (Å²) in [5, 5.41) is 9.41. The Hall–Kier alpha value is -2.61. The van der Waals surface area contributed by atoms with Crippen LogP contribution in [0.3, 0.4) is 0 Å². The Morgan fingerprint density at radius 1 is 1.12 bits per heavy atom. The van der Waals surface area contributed by atoms with Gasteiger partial charge in [-0.05, 0) is 82.1 Å². The van der Waals surface area contributed by atoms with Gasteiger partial charge in [-0.2, -0.15) is 15.1 Å². The van der Waals surface area contributed by atoms with Gasteiger partial charge in [-0.15, -0.1) is 0 Å². The number of aryl methyl sites for hydroxylation is 2. The van der Waals surface area contributed by atoms with E-state index in [1.807, 2.05) is 36.7 Å². The van der Waals surface area contributed by atoms with Crippen LogP contribution in [-0.2, 0) is 6.42 Å². The zero-order valence-corrected chi connectivity index (χ0v) is 19.7. The maximum Gasteiger partial charge on any atom is 0.324 e. The molecule has 0 radical (unpaired) electrons. The highest BCUT2D eigenvalue weighted by atomic mass is 35.5. The van der Waals surface area contributed by atoms with Crippen LogP contribution >= 0.6 is 11.6 Å². The lowest BCUT2D eigenvalue weighted by Gasteiger charge is -2.36. The third kappa shape index (κ3) is 4.20. The van der Waals surface area contributed by atoms with Gasteiger partial charge in [-0.25, -0.2) is 4.68 Å². The molecule has 2 aromatic heterocycles. The number of piperidine rings is 1. The lowest BCUT2D eigenvalue weighted by molar-refractivity contribution is 0.253. The summed E-state index contributed by atoms with van der Waals surface area (Å²) in [6.07, 6.45) is 3.29. The molecule has 0 N–H and O–H groups in total. The van der Waals surface area contributed by atoms with E-state index in [0.717, 1.165) is 30.9 Å². The molecular weight excluding hydrogens is 428 g/mol. The normalized spacial score (nSPS) is 22.7. The molecule has 1 aliphatic heterocycles. The fourth-order valence-electron chi connectivity index (χ4n) is 5.16. The Kier molecular flexibility index (Phi) is 5.57. The predicted molar refractivity (Wildman–Crippen MR) is 121 cm³/mol. The minimum atomic E-state index is 0.144. The first-order valence-electron chi connectivity index (χ1n) is 11.3. The largest absolute Gasteiger partial charge is 0.424 e. The van der Waals surface area contributed by atoms with Crippen molar-refractivity contribution >= 4 is 17.6 Å². The Balaban J connectivity index is 1.33. The number of hydrogen-bond donors (Lipinski definition) is 0. The molecule has 1 saturated heterocycles. The van der Waals surface area contributed by atoms with E-state index in [9.17, 15) is 0 Å². The second-order valence-corrected chi connectivity index (χ2v) is 9.85. The molecule has 170 valence electrons. The number of ether oxygens (including phenoxy) is 1. The van der Waals surface area contributed by atoms with Crippen LogP contribution in [-0.4, -0.2) is 38.0 Å². The minimum Gasteiger partial charge on any atom is -0.424 e. The molecule has 2 fully saturated rings. The van der Waals surface area contributed by atoms with Crippen LogP contribution in [0.2, 0.25) is 5.02 Å². The monoisotopic (exact) mass is 456 g/mol. The maximum atomic E-state index is 6.21. The van der Waals surface area contributed by atoms with Crippen LogP contribution in [0.15, 0.2) is 22.7 Å². The quantitative estimate of drug-likeness (QED) is 0.515. The molecule has 32 heavy (non-hydrogen) atoms. The van der Waals surface area contributed by atoms with Gasteiger partial charge in [0, 0.05) is 24.5 Å². The summed E-state index contributed by atoms with van der Waals surface area (Å²) in [5.74, 6) is 3.91. The van der Waals surface area contributed by atoms with Gasteiger partial charge in [-0.3, -0.25) is 0 Å². The number of halogens is 1. The van der Waals surface area contributed by atoms with Crippen molar-refractivity contribution in [3.05, 3.63) is 40.4 Å². The average molecular weight is 457 g/mol. The second-order valence-electron chi connectivity index (χ2n) is 9.41. The predicted octanol–water partition coefficient (Wildman–Crippen LogP) is 5.01. The van der Waals surface area contributed by atoms with Gasteiger partial charge in [0.25, 0.3) is 0 Å². The maximum absolute atomic E-state index is 6.21. The van der Waals surface area contributed by atoms with E-state index in [0.29, 0.717) is 46.4 Å². The number of rotatable bonds is 6. The van der Waals surface area contributed by atoms with Gasteiger partial charge in [-0.1, -0.05) is 16.8 Å². The van der Waals surface area contributed by atoms with Gasteiger partial charge in [0.15, 0.2) is 11.6 Å². The van der Waals surface area contributed by atoms with Crippen LogP contribution in [0, 0.1) is 31.6 Å². The summed E-state index contributed by atoms with van der Waals surface area (Å²) in [4.78, 5) is 11.5. The van der Waals surface area contributed by atoms with Crippen molar-refractivity contribution in [1.82, 2.24) is 24.9 Å². The number of aromatic nitrogens is 5. The summed E-state index contributed by atoms with van der Waals surface area (Å²) >= 11 is 6.21. The second kappa shape index (κ2) is 8.39. The minimum absolute atomic E-state index is 0.144. The van der Waals surface area contributed by atoms with Crippen molar-refractivity contribution in [2.45, 2.75) is 53.0 Å². The van der Waals surface area contributed by atoms with E-state index >= 15 is 0 Å². The molecule has 5 rings (SSSR count). The summed E-state index contributed by atoms with van der Waals surface area (Å²) in [6.45, 7) is 9.91. The first kappa shape index (κ1) is 21.2. The molecule has 0 spiro atoms. The van der Waals surface area contributed by atoms with Crippen molar-refractivity contribution in [2.24, 2.45) is 17.8 Å². The molecule has 0 amide bonds. The van der Waals surface area contributed by atoms with Gasteiger partial charge in [0.1, 0.15) is 5.75 Å². The first-order chi connectivity index (χ1) is 15.4. The zero-order valence-electron chi connectivity index (χ0n) is 19.0. The molecule has 8 nitrogen and oxygen atoms in total. The van der Waals surface area contributed by atoms with Gasteiger partial charge >= 0.3 is 12.0 Å². The van der Waals surface area contributed by atoms with E-state index in [-0.39, 0.29) is 6.04 Å². The molecule has 1 aliphatic carbocycles. The molecule has 1 saturated carbocycles. The van der Waals surface area contributed by atoms with Crippen LogP contribution in [0.1, 0.15) is 49.9 Å². The highest BCUT2D eigenvalue weighted by molar-refractivity contribution is 6.30. The number of anilines is 1. The summed E-state index contributed by atoms with van der Waals surface area (Å²) in [5.41, 5.74) is 1.04. The summed E-state index contributed by atoms with van der Waals surface area (Å²) in [7, 11) is 0. The molecule has 1 unspecified atom stereocenters. The summed E-state index contributed by atoms with van der Waals surface area (Å²) < 4.78 is 13.4. The number of fused-ring (bicyclic) bond motifs is 2. The highest BCUT2D eigenvalue weighted by Gasteiger charge is 2.43. The molecule has 3 aromatic rings. The van der Waals surface area contributed by atoms with Crippen molar-refractivity contribution in [1.29, 1.82) is 0 Å². The Bertz CT molecular complexity index is 1080. The lowest BCUT2D eigenvalue weighted by Crippen LogP contribution is -2.43. The third-order valence-corrected chi connectivity index (χ3v) is 6.81. The SMILES string of the molecule is Cc1cc(Cl)cc(Oc2nc(CC3[C@@H]4CC[C@H]3CN(c3nc(C)no3)C4)nn2C(C)C)c1. The number of benzene rings is 1. The molecule has 9 heteroatoms. The van der Waals surface area contributed by atoms with E-state index in [1.165, 1.54) is 12.8 Å². The molecular formula is C23H29ClN6O2. The van der Waals surface area contributed by atoms with Crippen molar-refractivity contribution in [3.63, 3.8) is 0 Å². The van der Waals surface area contributed by atoms with E-state index in [1.54, 1.807) is 0 Å². The van der Waals surface area contributed by atoms with Crippen LogP contribution < -0.4 is 9.64 Å². The molecule has 3 heterocycles. The molecule has 2 aliphatic rings. The Labute approximate surface area is 192 Å². The molecule has 2 bridgehead atoms. The zero-order chi connectivity index (χ0) is 22.4. The Morgan fingerprint density at radius 2 is 1.88 bits per heavy atom. The van der Waals surface area contributed by atoms with Crippen molar-refractivity contribution in [3.8, 4) is 11.8 Å². The van der Waals surface area contributed by atoms with Gasteiger partial charge in [0.2, 0.25) is 0 Å². The van der Waals surface area contributed by atoms with Crippen molar-refractivity contribution < 1.29 is 9.26 Å². The van der Waals surface area contributed by atoms with Crippen LogP contribution in [0.5, 0.6) is 11.8 Å². The highest BCUT2D eigenvalue weighted by Crippen LogP contribution is 2.44. The molecule has 3 atom stereocenters. The van der Waals surface area contributed by atoms with Crippen LogP contribution in [0.25, 0.3) is 0 Å². The lowest BCUT2D eigenvalue weighted by atomic mass is 9.82. The van der Waals surface area contributed by atoms with Gasteiger partial charge < -0.3 is 14.2 Å². The third-order valence-electron chi connectivity index (χ3n) is 6.59. The fourth-order valence-corrected chi connectivity index (χ4v) is 5.44. The Morgan fingerprint density at radius 3 is 2.50 bits per heavy atom. The van der Waals surface area contributed by atoms with E-state index < -0.39 is 0 Å².